The molecule has 21 heavy (non-hydrogen) atoms. The normalized spacial score (nSPS) is 11.1. The molecule has 0 spiro atoms. The van der Waals surface area contributed by atoms with E-state index in [0.29, 0.717) is 4.47 Å². The van der Waals surface area contributed by atoms with Gasteiger partial charge in [0.15, 0.2) is 0 Å². The smallest absolute Gasteiger partial charge is 0.269 e. The molecular weight excluding hydrogens is 363 g/mol. The van der Waals surface area contributed by atoms with Crippen LogP contribution < -0.4 is 10.3 Å². The number of carbonyl (C=O) groups excluding carboxylic acids is 1. The third kappa shape index (κ3) is 3.66. The molecule has 0 radical (unpaired) electrons. The largest absolute Gasteiger partial charge is 0.273 e. The lowest BCUT2D eigenvalue weighted by Gasteiger charge is -2.10. The average molecular weight is 373 g/mol. The van der Waals surface area contributed by atoms with Crippen molar-refractivity contribution in [1.82, 2.24) is 10.3 Å². The minimum Gasteiger partial charge on any atom is -0.273 e. The van der Waals surface area contributed by atoms with Crippen LogP contribution in [0.3, 0.4) is 0 Å². The number of sulfonamides is 1. The van der Waals surface area contributed by atoms with Gasteiger partial charge in [-0.2, -0.15) is 0 Å². The van der Waals surface area contributed by atoms with Crippen LogP contribution in [0.4, 0.5) is 4.39 Å². The second-order valence-corrected chi connectivity index (χ2v) is 6.48. The van der Waals surface area contributed by atoms with Crippen LogP contribution in [0.2, 0.25) is 0 Å². The van der Waals surface area contributed by atoms with E-state index in [9.17, 15) is 17.6 Å². The predicted octanol–water partition coefficient (Wildman–Crippen LogP) is 2.21. The van der Waals surface area contributed by atoms with Crippen LogP contribution in [0, 0.1) is 5.82 Å². The highest BCUT2D eigenvalue weighted by Gasteiger charge is 2.19. The van der Waals surface area contributed by atoms with Gasteiger partial charge >= 0.3 is 0 Å². The van der Waals surface area contributed by atoms with Crippen molar-refractivity contribution in [2.45, 2.75) is 4.90 Å². The van der Waals surface area contributed by atoms with Gasteiger partial charge in [0.25, 0.3) is 15.9 Å². The van der Waals surface area contributed by atoms with Crippen LogP contribution in [0.5, 0.6) is 0 Å². The van der Waals surface area contributed by atoms with Gasteiger partial charge in [-0.15, -0.1) is 4.83 Å². The van der Waals surface area contributed by atoms with E-state index in [1.165, 1.54) is 30.3 Å². The Kier molecular flexibility index (Phi) is 4.71. The molecule has 0 bridgehead atoms. The molecule has 0 aromatic heterocycles. The molecule has 0 atom stereocenters. The Morgan fingerprint density at radius 1 is 1.05 bits per heavy atom. The molecule has 2 rings (SSSR count). The fraction of sp³-hybridized carbons (Fsp3) is 0. The number of hydrogen-bond donors (Lipinski definition) is 2. The SMILES string of the molecule is O=C(NNS(=O)(=O)c1ccccc1Br)c1ccccc1F. The summed E-state index contributed by atoms with van der Waals surface area (Å²) in [5, 5.41) is 0. The van der Waals surface area contributed by atoms with Crippen LogP contribution in [0.25, 0.3) is 0 Å². The van der Waals surface area contributed by atoms with Crippen molar-refractivity contribution in [2.75, 3.05) is 0 Å². The zero-order chi connectivity index (χ0) is 15.5. The van der Waals surface area contributed by atoms with Crippen LogP contribution in [0.15, 0.2) is 57.9 Å². The van der Waals surface area contributed by atoms with Gasteiger partial charge in [0, 0.05) is 4.47 Å². The summed E-state index contributed by atoms with van der Waals surface area (Å²) >= 11 is 3.10. The first-order valence-corrected chi connectivity index (χ1v) is 8.00. The second kappa shape index (κ2) is 6.33. The number of rotatable bonds is 4. The van der Waals surface area contributed by atoms with Crippen molar-refractivity contribution >= 4 is 31.9 Å². The summed E-state index contributed by atoms with van der Waals surface area (Å²) in [5.74, 6) is -1.63. The predicted molar refractivity (Wildman–Crippen MR) is 78.3 cm³/mol. The Morgan fingerprint density at radius 3 is 2.33 bits per heavy atom. The molecule has 5 nitrogen and oxygen atoms in total. The van der Waals surface area contributed by atoms with Crippen molar-refractivity contribution in [3.05, 3.63) is 64.4 Å². The number of benzene rings is 2. The zero-order valence-electron chi connectivity index (χ0n) is 10.5. The van der Waals surface area contributed by atoms with Gasteiger partial charge in [-0.3, -0.25) is 10.2 Å². The fourth-order valence-corrected chi connectivity index (χ4v) is 3.39. The standard InChI is InChI=1S/C13H10BrFN2O3S/c14-10-6-2-4-8-12(10)21(19,20)17-16-13(18)9-5-1-3-7-11(9)15/h1-8,17H,(H,16,18). The summed E-state index contributed by atoms with van der Waals surface area (Å²) in [4.78, 5) is 13.6. The van der Waals surface area contributed by atoms with E-state index < -0.39 is 21.7 Å². The highest BCUT2D eigenvalue weighted by atomic mass is 79.9. The number of hydrazine groups is 1. The molecular formula is C13H10BrFN2O3S. The highest BCUT2D eigenvalue weighted by molar-refractivity contribution is 9.10. The van der Waals surface area contributed by atoms with E-state index in [2.05, 4.69) is 15.9 Å². The molecule has 2 aromatic carbocycles. The zero-order valence-corrected chi connectivity index (χ0v) is 12.9. The number of nitrogens with one attached hydrogen (secondary N) is 2. The topological polar surface area (TPSA) is 75.3 Å². The van der Waals surface area contributed by atoms with Gasteiger partial charge in [0.2, 0.25) is 0 Å². The van der Waals surface area contributed by atoms with E-state index in [0.717, 1.165) is 6.07 Å². The molecule has 2 aromatic rings. The van der Waals surface area contributed by atoms with Crippen molar-refractivity contribution in [3.63, 3.8) is 0 Å². The third-order valence-electron chi connectivity index (χ3n) is 2.54. The van der Waals surface area contributed by atoms with E-state index in [-0.39, 0.29) is 10.5 Å². The number of hydrogen-bond acceptors (Lipinski definition) is 3. The lowest BCUT2D eigenvalue weighted by atomic mass is 10.2. The molecule has 2 N–H and O–H groups in total. The van der Waals surface area contributed by atoms with E-state index >= 15 is 0 Å². The monoisotopic (exact) mass is 372 g/mol. The summed E-state index contributed by atoms with van der Waals surface area (Å²) in [5.41, 5.74) is 1.71. The molecule has 0 unspecified atom stereocenters. The van der Waals surface area contributed by atoms with Crippen LogP contribution in [0.1, 0.15) is 10.4 Å². The van der Waals surface area contributed by atoms with Crippen molar-refractivity contribution in [1.29, 1.82) is 0 Å². The Morgan fingerprint density at radius 2 is 1.67 bits per heavy atom. The van der Waals surface area contributed by atoms with E-state index in [1.807, 2.05) is 10.3 Å². The minimum atomic E-state index is -3.96. The van der Waals surface area contributed by atoms with Gasteiger partial charge < -0.3 is 0 Å². The molecule has 0 saturated heterocycles. The van der Waals surface area contributed by atoms with Crippen LogP contribution in [-0.4, -0.2) is 14.3 Å². The fourth-order valence-electron chi connectivity index (χ4n) is 1.54. The Labute approximate surface area is 129 Å². The summed E-state index contributed by atoms with van der Waals surface area (Å²) in [7, 11) is -3.96. The molecule has 0 fully saturated rings. The third-order valence-corrected chi connectivity index (χ3v) is 4.80. The Hall–Kier alpha value is -1.77. The second-order valence-electron chi connectivity index (χ2n) is 3.97. The summed E-state index contributed by atoms with van der Waals surface area (Å²) in [6.45, 7) is 0. The van der Waals surface area contributed by atoms with Gasteiger partial charge in [-0.1, -0.05) is 24.3 Å². The number of carbonyl (C=O) groups is 1. The van der Waals surface area contributed by atoms with Crippen LogP contribution in [-0.2, 0) is 10.0 Å². The molecule has 0 aliphatic rings. The molecule has 8 heteroatoms. The minimum absolute atomic E-state index is 0.0427. The van der Waals surface area contributed by atoms with Gasteiger partial charge in [0.1, 0.15) is 5.82 Å². The van der Waals surface area contributed by atoms with E-state index in [4.69, 9.17) is 0 Å². The van der Waals surface area contributed by atoms with Gasteiger partial charge in [-0.05, 0) is 40.2 Å². The average Bonchev–Trinajstić information content (AvgIpc) is 2.45. The summed E-state index contributed by atoms with van der Waals surface area (Å²) in [6, 6.07) is 11.4. The maximum atomic E-state index is 13.4. The quantitative estimate of drug-likeness (QED) is 0.807. The van der Waals surface area contributed by atoms with Crippen molar-refractivity contribution < 1.29 is 17.6 Å². The first-order valence-electron chi connectivity index (χ1n) is 5.73. The maximum absolute atomic E-state index is 13.4. The van der Waals surface area contributed by atoms with Crippen molar-refractivity contribution in [3.8, 4) is 0 Å². The molecule has 110 valence electrons. The molecule has 0 aliphatic heterocycles. The number of halogens is 2. The van der Waals surface area contributed by atoms with Crippen LogP contribution >= 0.6 is 15.9 Å². The summed E-state index contributed by atoms with van der Waals surface area (Å²) in [6.07, 6.45) is 0. The molecule has 0 heterocycles. The van der Waals surface area contributed by atoms with Crippen molar-refractivity contribution in [2.24, 2.45) is 0 Å². The summed E-state index contributed by atoms with van der Waals surface area (Å²) < 4.78 is 37.8. The molecule has 0 saturated carbocycles. The lowest BCUT2D eigenvalue weighted by Crippen LogP contribution is -2.41. The molecule has 0 aliphatic carbocycles. The lowest BCUT2D eigenvalue weighted by molar-refractivity contribution is 0.0941. The first kappa shape index (κ1) is 15.6. The van der Waals surface area contributed by atoms with Gasteiger partial charge in [-0.25, -0.2) is 12.8 Å². The number of amides is 1. The highest BCUT2D eigenvalue weighted by Crippen LogP contribution is 2.20. The maximum Gasteiger partial charge on any atom is 0.269 e. The van der Waals surface area contributed by atoms with Gasteiger partial charge in [0.05, 0.1) is 10.5 Å². The Bertz CT molecular complexity index is 780. The first-order chi connectivity index (χ1) is 9.92. The molecule has 1 amide bonds. The van der Waals surface area contributed by atoms with E-state index in [1.54, 1.807) is 12.1 Å². The Balaban J connectivity index is 2.15.